The standard InChI is InChI=1S/C14H16N6S/c1-10-6-12(21-8-10)11-7-16-13(14-18-17-9-20(11)14)19-4-2-15-3-5-19/h6-9,15H,2-5H2,1H3. The number of hydrogen-bond acceptors (Lipinski definition) is 6. The molecule has 1 aliphatic heterocycles. The van der Waals surface area contributed by atoms with Gasteiger partial charge in [-0.05, 0) is 23.9 Å². The van der Waals surface area contributed by atoms with Crippen molar-refractivity contribution in [2.24, 2.45) is 0 Å². The fourth-order valence-electron chi connectivity index (χ4n) is 2.65. The average molecular weight is 300 g/mol. The van der Waals surface area contributed by atoms with Crippen LogP contribution in [0.3, 0.4) is 0 Å². The summed E-state index contributed by atoms with van der Waals surface area (Å²) in [5.41, 5.74) is 3.15. The molecule has 3 aromatic heterocycles. The molecule has 21 heavy (non-hydrogen) atoms. The van der Waals surface area contributed by atoms with Gasteiger partial charge in [0.25, 0.3) is 0 Å². The highest BCUT2D eigenvalue weighted by Crippen LogP contribution is 2.29. The van der Waals surface area contributed by atoms with Gasteiger partial charge < -0.3 is 10.2 Å². The predicted molar refractivity (Wildman–Crippen MR) is 83.9 cm³/mol. The number of rotatable bonds is 2. The molecule has 0 bridgehead atoms. The van der Waals surface area contributed by atoms with Gasteiger partial charge in [-0.15, -0.1) is 21.5 Å². The number of thiophene rings is 1. The zero-order valence-corrected chi connectivity index (χ0v) is 12.6. The van der Waals surface area contributed by atoms with Crippen molar-refractivity contribution in [3.8, 4) is 10.6 Å². The van der Waals surface area contributed by atoms with Crippen LogP contribution in [0, 0.1) is 6.92 Å². The Balaban J connectivity index is 1.83. The Morgan fingerprint density at radius 1 is 1.29 bits per heavy atom. The van der Waals surface area contributed by atoms with Crippen molar-refractivity contribution in [1.29, 1.82) is 0 Å². The van der Waals surface area contributed by atoms with Crippen LogP contribution in [-0.4, -0.2) is 45.8 Å². The molecular weight excluding hydrogens is 284 g/mol. The highest BCUT2D eigenvalue weighted by Gasteiger charge is 2.18. The van der Waals surface area contributed by atoms with Gasteiger partial charge in [0.05, 0.1) is 16.8 Å². The number of aromatic nitrogens is 4. The lowest BCUT2D eigenvalue weighted by Gasteiger charge is -2.28. The minimum Gasteiger partial charge on any atom is -0.351 e. The zero-order chi connectivity index (χ0) is 14.2. The minimum absolute atomic E-state index is 0.834. The van der Waals surface area contributed by atoms with Crippen LogP contribution in [0.4, 0.5) is 5.82 Å². The Hall–Kier alpha value is -1.99. The van der Waals surface area contributed by atoms with Gasteiger partial charge in [-0.3, -0.25) is 4.40 Å². The third-order valence-electron chi connectivity index (χ3n) is 3.72. The maximum Gasteiger partial charge on any atom is 0.204 e. The van der Waals surface area contributed by atoms with Crippen molar-refractivity contribution >= 4 is 22.8 Å². The molecule has 6 nitrogen and oxygen atoms in total. The molecule has 108 valence electrons. The molecule has 0 aromatic carbocycles. The van der Waals surface area contributed by atoms with Gasteiger partial charge in [0.2, 0.25) is 5.65 Å². The third kappa shape index (κ3) is 2.18. The quantitative estimate of drug-likeness (QED) is 0.778. The highest BCUT2D eigenvalue weighted by atomic mass is 32.1. The summed E-state index contributed by atoms with van der Waals surface area (Å²) in [6.45, 7) is 5.97. The number of nitrogens with one attached hydrogen (secondary N) is 1. The van der Waals surface area contributed by atoms with Crippen molar-refractivity contribution in [1.82, 2.24) is 24.9 Å². The van der Waals surface area contributed by atoms with E-state index in [-0.39, 0.29) is 0 Å². The van der Waals surface area contributed by atoms with E-state index >= 15 is 0 Å². The van der Waals surface area contributed by atoms with E-state index in [0.717, 1.165) is 43.3 Å². The fraction of sp³-hybridized carbons (Fsp3) is 0.357. The molecule has 1 aliphatic rings. The molecule has 0 saturated carbocycles. The molecule has 0 spiro atoms. The summed E-state index contributed by atoms with van der Waals surface area (Å²) in [7, 11) is 0. The van der Waals surface area contributed by atoms with Crippen LogP contribution < -0.4 is 10.2 Å². The molecule has 0 radical (unpaired) electrons. The maximum absolute atomic E-state index is 4.67. The molecule has 3 aromatic rings. The summed E-state index contributed by atoms with van der Waals surface area (Å²) in [5, 5.41) is 13.9. The zero-order valence-electron chi connectivity index (χ0n) is 11.8. The summed E-state index contributed by atoms with van der Waals surface area (Å²) in [5.74, 6) is 0.922. The number of hydrogen-bond donors (Lipinski definition) is 1. The van der Waals surface area contributed by atoms with Crippen molar-refractivity contribution in [3.63, 3.8) is 0 Å². The van der Waals surface area contributed by atoms with Crippen molar-refractivity contribution in [2.45, 2.75) is 6.92 Å². The molecule has 1 fully saturated rings. The predicted octanol–water partition coefficient (Wildman–Crippen LogP) is 1.57. The van der Waals surface area contributed by atoms with Crippen molar-refractivity contribution in [3.05, 3.63) is 29.5 Å². The number of nitrogens with zero attached hydrogens (tertiary/aromatic N) is 5. The Morgan fingerprint density at radius 2 is 2.14 bits per heavy atom. The van der Waals surface area contributed by atoms with Gasteiger partial charge in [0.15, 0.2) is 5.82 Å². The Morgan fingerprint density at radius 3 is 2.90 bits per heavy atom. The normalized spacial score (nSPS) is 15.8. The molecule has 0 amide bonds. The average Bonchev–Trinajstić information content (AvgIpc) is 3.16. The van der Waals surface area contributed by atoms with Crippen LogP contribution in [0.2, 0.25) is 0 Å². The first-order valence-corrected chi connectivity index (χ1v) is 7.91. The first kappa shape index (κ1) is 12.7. The summed E-state index contributed by atoms with van der Waals surface area (Å²) < 4.78 is 2.04. The van der Waals surface area contributed by atoms with E-state index < -0.39 is 0 Å². The summed E-state index contributed by atoms with van der Waals surface area (Å²) in [4.78, 5) is 8.13. The fourth-order valence-corrected chi connectivity index (χ4v) is 3.56. The second-order valence-electron chi connectivity index (χ2n) is 5.22. The van der Waals surface area contributed by atoms with E-state index in [1.807, 2.05) is 10.6 Å². The van der Waals surface area contributed by atoms with Crippen LogP contribution >= 0.6 is 11.3 Å². The Kier molecular flexibility index (Phi) is 3.08. The van der Waals surface area contributed by atoms with E-state index in [0.29, 0.717) is 0 Å². The third-order valence-corrected chi connectivity index (χ3v) is 4.79. The number of fused-ring (bicyclic) bond motifs is 1. The van der Waals surface area contributed by atoms with Gasteiger partial charge in [0, 0.05) is 26.2 Å². The lowest BCUT2D eigenvalue weighted by Crippen LogP contribution is -2.44. The Bertz CT molecular complexity index is 771. The lowest BCUT2D eigenvalue weighted by atomic mass is 10.3. The maximum atomic E-state index is 4.67. The molecule has 4 heterocycles. The highest BCUT2D eigenvalue weighted by molar-refractivity contribution is 7.13. The van der Waals surface area contributed by atoms with Crippen molar-refractivity contribution < 1.29 is 0 Å². The van der Waals surface area contributed by atoms with E-state index in [1.165, 1.54) is 10.4 Å². The second-order valence-corrected chi connectivity index (χ2v) is 6.13. The molecule has 0 aliphatic carbocycles. The molecule has 4 rings (SSSR count). The first-order chi connectivity index (χ1) is 10.3. The minimum atomic E-state index is 0.834. The van der Waals surface area contributed by atoms with Crippen LogP contribution in [0.25, 0.3) is 16.2 Å². The van der Waals surface area contributed by atoms with Gasteiger partial charge in [-0.25, -0.2) is 4.98 Å². The molecule has 7 heteroatoms. The molecule has 1 saturated heterocycles. The molecule has 0 unspecified atom stereocenters. The smallest absolute Gasteiger partial charge is 0.204 e. The first-order valence-electron chi connectivity index (χ1n) is 7.03. The van der Waals surface area contributed by atoms with Crippen molar-refractivity contribution in [2.75, 3.05) is 31.1 Å². The van der Waals surface area contributed by atoms with Gasteiger partial charge in [-0.1, -0.05) is 0 Å². The van der Waals surface area contributed by atoms with Crippen LogP contribution in [0.5, 0.6) is 0 Å². The summed E-state index contributed by atoms with van der Waals surface area (Å²) >= 11 is 1.72. The van der Waals surface area contributed by atoms with Gasteiger partial charge >= 0.3 is 0 Å². The van der Waals surface area contributed by atoms with Gasteiger partial charge in [0.1, 0.15) is 6.33 Å². The topological polar surface area (TPSA) is 58.4 Å². The van der Waals surface area contributed by atoms with E-state index in [4.69, 9.17) is 0 Å². The van der Waals surface area contributed by atoms with Crippen LogP contribution in [0.1, 0.15) is 5.56 Å². The second kappa shape index (κ2) is 5.09. The largest absolute Gasteiger partial charge is 0.351 e. The number of piperazine rings is 1. The van der Waals surface area contributed by atoms with E-state index in [1.54, 1.807) is 17.7 Å². The molecular formula is C14H16N6S. The SMILES string of the molecule is Cc1csc(-c2cnc(N3CCNCC3)c3nncn23)c1. The molecule has 1 N–H and O–H groups in total. The van der Waals surface area contributed by atoms with Crippen LogP contribution in [-0.2, 0) is 0 Å². The summed E-state index contributed by atoms with van der Waals surface area (Å²) in [6, 6.07) is 2.17. The Labute approximate surface area is 126 Å². The van der Waals surface area contributed by atoms with Gasteiger partial charge in [-0.2, -0.15) is 0 Å². The van der Waals surface area contributed by atoms with E-state index in [9.17, 15) is 0 Å². The molecule has 0 atom stereocenters. The van der Waals surface area contributed by atoms with Crippen LogP contribution in [0.15, 0.2) is 24.0 Å². The number of aryl methyl sites for hydroxylation is 1. The monoisotopic (exact) mass is 300 g/mol. The lowest BCUT2D eigenvalue weighted by molar-refractivity contribution is 0.585. The number of anilines is 1. The summed E-state index contributed by atoms with van der Waals surface area (Å²) in [6.07, 6.45) is 3.70. The van der Waals surface area contributed by atoms with E-state index in [2.05, 4.69) is 43.8 Å².